The molecule has 6 heteroatoms. The Morgan fingerprint density at radius 2 is 2.22 bits per heavy atom. The molecule has 32 heavy (non-hydrogen) atoms. The molecule has 1 aromatic carbocycles. The molecule has 1 saturated heterocycles. The maximum absolute atomic E-state index is 12.8. The molecule has 0 radical (unpaired) electrons. The Balaban J connectivity index is 1.25. The van der Waals surface area contributed by atoms with Gasteiger partial charge in [0.05, 0.1) is 26.3 Å². The second-order valence-corrected chi connectivity index (χ2v) is 10.1. The zero-order chi connectivity index (χ0) is 22.5. The van der Waals surface area contributed by atoms with E-state index in [2.05, 4.69) is 42.5 Å². The van der Waals surface area contributed by atoms with Gasteiger partial charge in [-0.1, -0.05) is 25.5 Å². The number of hydrogen-bond donors (Lipinski definition) is 3. The van der Waals surface area contributed by atoms with Crippen LogP contribution >= 0.6 is 0 Å². The van der Waals surface area contributed by atoms with Crippen LogP contribution in [0.4, 0.5) is 0 Å². The quantitative estimate of drug-likeness (QED) is 0.367. The first-order valence-corrected chi connectivity index (χ1v) is 12.0. The SMILES string of the molecule is COc1ccc2[nH]cc(CC[NH2+]C[C@@H]3C(=O)O[C@@H]4CC5=CCC[C@@H](C)[C@@]5(C)[C@H](O)[C@H]34)c2c1. The number of aromatic nitrogens is 1. The van der Waals surface area contributed by atoms with Crippen LogP contribution in [0, 0.1) is 23.2 Å². The van der Waals surface area contributed by atoms with E-state index < -0.39 is 6.10 Å². The molecule has 172 valence electrons. The van der Waals surface area contributed by atoms with E-state index in [1.165, 1.54) is 16.5 Å². The first-order chi connectivity index (χ1) is 15.4. The molecular weight excluding hydrogens is 404 g/mol. The van der Waals surface area contributed by atoms with Crippen LogP contribution in [0.25, 0.3) is 10.9 Å². The van der Waals surface area contributed by atoms with Crippen molar-refractivity contribution in [3.8, 4) is 5.75 Å². The Bertz CT molecular complexity index is 1040. The topological polar surface area (TPSA) is 88.2 Å². The van der Waals surface area contributed by atoms with Crippen molar-refractivity contribution in [2.24, 2.45) is 23.2 Å². The molecule has 2 aliphatic carbocycles. The summed E-state index contributed by atoms with van der Waals surface area (Å²) in [6.07, 6.45) is 7.45. The van der Waals surface area contributed by atoms with Crippen LogP contribution in [-0.4, -0.2) is 48.5 Å². The van der Waals surface area contributed by atoms with E-state index in [0.29, 0.717) is 12.5 Å². The average Bonchev–Trinajstić information content (AvgIpc) is 3.33. The lowest BCUT2D eigenvalue weighted by atomic mass is 9.55. The fraction of sp³-hybridized carbons (Fsp3) is 0.577. The van der Waals surface area contributed by atoms with E-state index in [4.69, 9.17) is 9.47 Å². The van der Waals surface area contributed by atoms with Gasteiger partial charge in [0.2, 0.25) is 0 Å². The molecule has 4 N–H and O–H groups in total. The molecule has 2 heterocycles. The van der Waals surface area contributed by atoms with Crippen LogP contribution < -0.4 is 10.1 Å². The molecule has 6 nitrogen and oxygen atoms in total. The van der Waals surface area contributed by atoms with Gasteiger partial charge in [-0.3, -0.25) is 4.79 Å². The van der Waals surface area contributed by atoms with Crippen LogP contribution in [0.2, 0.25) is 0 Å². The van der Waals surface area contributed by atoms with E-state index in [1.807, 2.05) is 12.1 Å². The van der Waals surface area contributed by atoms with Crippen molar-refractivity contribution in [1.29, 1.82) is 0 Å². The van der Waals surface area contributed by atoms with Gasteiger partial charge >= 0.3 is 5.97 Å². The minimum Gasteiger partial charge on any atom is -0.497 e. The number of benzene rings is 1. The van der Waals surface area contributed by atoms with Crippen LogP contribution in [0.15, 0.2) is 36.0 Å². The van der Waals surface area contributed by atoms with Gasteiger partial charge in [-0.15, -0.1) is 0 Å². The standard InChI is InChI=1S/C26H34N2O4/c1-15-5-4-6-17-11-22-23(24(29)26(15,17)2)20(25(30)32-22)14-27-10-9-16-13-28-21-8-7-18(31-3)12-19(16)21/h6-8,12-13,15,20,22-24,27-29H,4-5,9-11,14H2,1-3H3/p+1/t15-,20+,22-,23-,24-,26-/m1/s1. The summed E-state index contributed by atoms with van der Waals surface area (Å²) in [4.78, 5) is 16.1. The van der Waals surface area contributed by atoms with Gasteiger partial charge in [-0.2, -0.15) is 0 Å². The predicted molar refractivity (Wildman–Crippen MR) is 122 cm³/mol. The Morgan fingerprint density at radius 3 is 3.03 bits per heavy atom. The molecule has 1 aliphatic heterocycles. The third-order valence-electron chi connectivity index (χ3n) is 8.58. The van der Waals surface area contributed by atoms with Gasteiger partial charge in [0.1, 0.15) is 17.8 Å². The summed E-state index contributed by atoms with van der Waals surface area (Å²) in [6, 6.07) is 6.06. The highest BCUT2D eigenvalue weighted by Gasteiger charge is 2.60. The molecule has 2 aromatic rings. The van der Waals surface area contributed by atoms with Crippen molar-refractivity contribution in [2.75, 3.05) is 20.2 Å². The summed E-state index contributed by atoms with van der Waals surface area (Å²) in [6.45, 7) is 5.97. The van der Waals surface area contributed by atoms with Crippen molar-refractivity contribution in [2.45, 2.75) is 51.7 Å². The van der Waals surface area contributed by atoms with Crippen LogP contribution in [-0.2, 0) is 16.0 Å². The van der Waals surface area contributed by atoms with Gasteiger partial charge in [0, 0.05) is 41.3 Å². The number of esters is 1. The third kappa shape index (κ3) is 3.35. The number of rotatable bonds is 6. The molecule has 3 aliphatic rings. The number of aliphatic hydroxyl groups excluding tert-OH is 1. The van der Waals surface area contributed by atoms with Crippen molar-refractivity contribution in [3.05, 3.63) is 41.6 Å². The molecule has 1 saturated carbocycles. The van der Waals surface area contributed by atoms with Crippen molar-refractivity contribution in [1.82, 2.24) is 4.98 Å². The molecule has 0 bridgehead atoms. The summed E-state index contributed by atoms with van der Waals surface area (Å²) in [5.74, 6) is 0.775. The molecule has 0 spiro atoms. The van der Waals surface area contributed by atoms with E-state index in [0.717, 1.165) is 43.5 Å². The molecular formula is C26H35N2O4+. The van der Waals surface area contributed by atoms with Crippen LogP contribution in [0.5, 0.6) is 5.75 Å². The zero-order valence-electron chi connectivity index (χ0n) is 19.3. The largest absolute Gasteiger partial charge is 0.497 e. The van der Waals surface area contributed by atoms with Gasteiger partial charge in [-0.05, 0) is 42.5 Å². The van der Waals surface area contributed by atoms with E-state index >= 15 is 0 Å². The number of carbonyl (C=O) groups is 1. The first kappa shape index (κ1) is 21.5. The number of hydrogen-bond acceptors (Lipinski definition) is 4. The third-order valence-corrected chi connectivity index (χ3v) is 8.58. The maximum Gasteiger partial charge on any atom is 0.315 e. The first-order valence-electron chi connectivity index (χ1n) is 12.0. The normalized spacial score (nSPS) is 34.1. The Labute approximate surface area is 189 Å². The van der Waals surface area contributed by atoms with Crippen molar-refractivity contribution < 1.29 is 24.7 Å². The van der Waals surface area contributed by atoms with E-state index in [-0.39, 0.29) is 29.3 Å². The summed E-state index contributed by atoms with van der Waals surface area (Å²) < 4.78 is 11.1. The van der Waals surface area contributed by atoms with Gasteiger partial charge < -0.3 is 24.9 Å². The lowest BCUT2D eigenvalue weighted by Crippen LogP contribution is -2.86. The minimum atomic E-state index is -0.534. The van der Waals surface area contributed by atoms with Gasteiger partial charge in [0.25, 0.3) is 0 Å². The number of H-pyrrole nitrogens is 1. The second-order valence-electron chi connectivity index (χ2n) is 10.1. The van der Waals surface area contributed by atoms with Crippen LogP contribution in [0.1, 0.15) is 38.7 Å². The summed E-state index contributed by atoms with van der Waals surface area (Å²) >= 11 is 0. The number of fused-ring (bicyclic) bond motifs is 3. The second kappa shape index (κ2) is 8.23. The number of nitrogens with two attached hydrogens (primary N) is 1. The fourth-order valence-electron chi connectivity index (χ4n) is 6.38. The van der Waals surface area contributed by atoms with Crippen molar-refractivity contribution >= 4 is 16.9 Å². The number of quaternary nitrogens is 1. The Morgan fingerprint density at radius 1 is 1.38 bits per heavy atom. The van der Waals surface area contributed by atoms with Crippen LogP contribution in [0.3, 0.4) is 0 Å². The summed E-state index contributed by atoms with van der Waals surface area (Å²) in [7, 11) is 1.68. The van der Waals surface area contributed by atoms with Crippen molar-refractivity contribution in [3.63, 3.8) is 0 Å². The molecule has 5 rings (SSSR count). The highest BCUT2D eigenvalue weighted by molar-refractivity contribution is 5.84. The highest BCUT2D eigenvalue weighted by atomic mass is 16.6. The predicted octanol–water partition coefficient (Wildman–Crippen LogP) is 2.57. The fourth-order valence-corrected chi connectivity index (χ4v) is 6.38. The van der Waals surface area contributed by atoms with E-state index in [1.54, 1.807) is 7.11 Å². The number of methoxy groups -OCH3 is 1. The maximum atomic E-state index is 12.8. The lowest BCUT2D eigenvalue weighted by molar-refractivity contribution is -0.659. The monoisotopic (exact) mass is 439 g/mol. The number of ether oxygens (including phenoxy) is 2. The summed E-state index contributed by atoms with van der Waals surface area (Å²) in [5, 5.41) is 14.9. The molecule has 0 unspecified atom stereocenters. The number of nitrogens with one attached hydrogen (secondary N) is 1. The molecule has 6 atom stereocenters. The highest BCUT2D eigenvalue weighted by Crippen LogP contribution is 2.55. The number of allylic oxidation sites excluding steroid dienone is 1. The Hall–Kier alpha value is -2.31. The minimum absolute atomic E-state index is 0.112. The number of carbonyl (C=O) groups excluding carboxylic acids is 1. The molecule has 1 aromatic heterocycles. The zero-order valence-corrected chi connectivity index (χ0v) is 19.3. The lowest BCUT2D eigenvalue weighted by Gasteiger charge is -2.51. The van der Waals surface area contributed by atoms with Gasteiger partial charge in [-0.25, -0.2) is 0 Å². The number of aliphatic hydroxyl groups is 1. The smallest absolute Gasteiger partial charge is 0.315 e. The summed E-state index contributed by atoms with van der Waals surface area (Å²) in [5.41, 5.74) is 3.40. The van der Waals surface area contributed by atoms with E-state index in [9.17, 15) is 9.90 Å². The van der Waals surface area contributed by atoms with Gasteiger partial charge in [0.15, 0.2) is 0 Å². The molecule has 0 amide bonds. The average molecular weight is 440 g/mol. The molecule has 2 fully saturated rings. The number of aromatic amines is 1. The Kier molecular flexibility index (Phi) is 5.54.